The first-order chi connectivity index (χ1) is 9.72. The topological polar surface area (TPSA) is 36.1 Å². The summed E-state index contributed by atoms with van der Waals surface area (Å²) >= 11 is 3.52. The molecule has 1 aliphatic rings. The number of halogens is 1. The van der Waals surface area contributed by atoms with Crippen molar-refractivity contribution >= 4 is 15.9 Å². The number of benzene rings is 1. The maximum atomic E-state index is 11.5. The van der Waals surface area contributed by atoms with E-state index in [1.165, 1.54) is 11.1 Å². The Morgan fingerprint density at radius 3 is 2.70 bits per heavy atom. The van der Waals surface area contributed by atoms with Crippen LogP contribution in [-0.4, -0.2) is 23.0 Å². The summed E-state index contributed by atoms with van der Waals surface area (Å²) < 4.78 is 0.942. The van der Waals surface area contributed by atoms with E-state index in [1.807, 2.05) is 6.07 Å². The van der Waals surface area contributed by atoms with Gasteiger partial charge in [-0.3, -0.25) is 9.69 Å². The first-order valence-electron chi connectivity index (χ1n) is 6.89. The van der Waals surface area contributed by atoms with Crippen LogP contribution in [-0.2, 0) is 19.4 Å². The van der Waals surface area contributed by atoms with Gasteiger partial charge in [-0.15, -0.1) is 0 Å². The Morgan fingerprint density at radius 1 is 1.15 bits per heavy atom. The Bertz CT molecular complexity index is 651. The average Bonchev–Trinajstić information content (AvgIpc) is 2.63. The van der Waals surface area contributed by atoms with Gasteiger partial charge in [-0.25, -0.2) is 0 Å². The first kappa shape index (κ1) is 13.6. The van der Waals surface area contributed by atoms with Crippen molar-refractivity contribution in [2.75, 3.05) is 13.1 Å². The van der Waals surface area contributed by atoms with Gasteiger partial charge in [-0.05, 0) is 17.5 Å². The van der Waals surface area contributed by atoms with E-state index in [1.54, 1.807) is 6.07 Å². The number of aromatic amines is 1. The van der Waals surface area contributed by atoms with Crippen LogP contribution in [0.2, 0.25) is 0 Å². The number of pyridine rings is 1. The van der Waals surface area contributed by atoms with Gasteiger partial charge in [0, 0.05) is 42.3 Å². The highest BCUT2D eigenvalue weighted by atomic mass is 79.9. The van der Waals surface area contributed by atoms with Crippen LogP contribution in [0.4, 0.5) is 0 Å². The molecule has 0 unspecified atom stereocenters. The van der Waals surface area contributed by atoms with Gasteiger partial charge in [0.1, 0.15) is 0 Å². The van der Waals surface area contributed by atoms with E-state index in [-0.39, 0.29) is 5.56 Å². The molecule has 0 bridgehead atoms. The number of hydrogen-bond donors (Lipinski definition) is 1. The van der Waals surface area contributed by atoms with Gasteiger partial charge in [-0.2, -0.15) is 0 Å². The fraction of sp³-hybridized carbons (Fsp3) is 0.312. The van der Waals surface area contributed by atoms with E-state index < -0.39 is 0 Å². The molecule has 1 aromatic heterocycles. The molecule has 0 atom stereocenters. The lowest BCUT2D eigenvalue weighted by Crippen LogP contribution is -2.25. The second-order valence-electron chi connectivity index (χ2n) is 5.20. The largest absolute Gasteiger partial charge is 0.326 e. The van der Waals surface area contributed by atoms with Gasteiger partial charge >= 0.3 is 0 Å². The van der Waals surface area contributed by atoms with Crippen molar-refractivity contribution in [3.63, 3.8) is 0 Å². The first-order valence-corrected chi connectivity index (χ1v) is 7.68. The zero-order valence-corrected chi connectivity index (χ0v) is 12.8. The standard InChI is InChI=1S/C16H17BrN2O/c17-14-10-16(20)18-15-7-9-19(8-6-13(14)15)11-12-4-2-1-3-5-12/h1-5,10H,6-9,11H2,(H,18,20). The van der Waals surface area contributed by atoms with Crippen molar-refractivity contribution in [2.24, 2.45) is 0 Å². The number of aromatic nitrogens is 1. The Balaban J connectivity index is 1.76. The van der Waals surface area contributed by atoms with E-state index in [9.17, 15) is 4.79 Å². The molecule has 2 heterocycles. The summed E-state index contributed by atoms with van der Waals surface area (Å²) in [6.45, 7) is 2.97. The number of nitrogens with one attached hydrogen (secondary N) is 1. The summed E-state index contributed by atoms with van der Waals surface area (Å²) in [6.07, 6.45) is 1.87. The van der Waals surface area contributed by atoms with Crippen molar-refractivity contribution in [3.8, 4) is 0 Å². The van der Waals surface area contributed by atoms with Gasteiger partial charge in [-0.1, -0.05) is 46.3 Å². The molecule has 0 saturated carbocycles. The Kier molecular flexibility index (Phi) is 4.03. The summed E-state index contributed by atoms with van der Waals surface area (Å²) in [5, 5.41) is 0. The highest BCUT2D eigenvalue weighted by Crippen LogP contribution is 2.22. The summed E-state index contributed by atoms with van der Waals surface area (Å²) in [4.78, 5) is 17.0. The molecule has 0 aliphatic carbocycles. The summed E-state index contributed by atoms with van der Waals surface area (Å²) in [6, 6.07) is 12.2. The normalized spacial score (nSPS) is 15.7. The minimum absolute atomic E-state index is 0.0212. The average molecular weight is 333 g/mol. The molecule has 3 rings (SSSR count). The fourth-order valence-corrected chi connectivity index (χ4v) is 3.39. The molecule has 104 valence electrons. The third-order valence-electron chi connectivity index (χ3n) is 3.79. The summed E-state index contributed by atoms with van der Waals surface area (Å²) in [7, 11) is 0. The molecule has 0 spiro atoms. The Labute approximate surface area is 126 Å². The number of fused-ring (bicyclic) bond motifs is 1. The minimum atomic E-state index is -0.0212. The number of H-pyrrole nitrogens is 1. The lowest BCUT2D eigenvalue weighted by atomic mass is 10.1. The molecule has 0 saturated heterocycles. The molecule has 0 radical (unpaired) electrons. The Morgan fingerprint density at radius 2 is 1.90 bits per heavy atom. The summed E-state index contributed by atoms with van der Waals surface area (Å²) in [5.41, 5.74) is 3.65. The zero-order valence-electron chi connectivity index (χ0n) is 11.2. The second kappa shape index (κ2) is 5.94. The zero-order chi connectivity index (χ0) is 13.9. The predicted molar refractivity (Wildman–Crippen MR) is 83.9 cm³/mol. The van der Waals surface area contributed by atoms with Crippen LogP contribution >= 0.6 is 15.9 Å². The van der Waals surface area contributed by atoms with Crippen LogP contribution in [0.3, 0.4) is 0 Å². The van der Waals surface area contributed by atoms with Crippen LogP contribution in [0.15, 0.2) is 45.7 Å². The maximum absolute atomic E-state index is 11.5. The lowest BCUT2D eigenvalue weighted by Gasteiger charge is -2.19. The van der Waals surface area contributed by atoms with E-state index in [0.29, 0.717) is 0 Å². The molecule has 2 aromatic rings. The molecular weight excluding hydrogens is 316 g/mol. The minimum Gasteiger partial charge on any atom is -0.326 e. The highest BCUT2D eigenvalue weighted by molar-refractivity contribution is 9.10. The van der Waals surface area contributed by atoms with Crippen molar-refractivity contribution < 1.29 is 0 Å². The van der Waals surface area contributed by atoms with Gasteiger partial charge in [0.15, 0.2) is 0 Å². The summed E-state index contributed by atoms with van der Waals surface area (Å²) in [5.74, 6) is 0. The molecule has 1 aromatic carbocycles. The van der Waals surface area contributed by atoms with Gasteiger partial charge in [0.2, 0.25) is 5.56 Å². The fourth-order valence-electron chi connectivity index (χ4n) is 2.74. The molecule has 1 aliphatic heterocycles. The third kappa shape index (κ3) is 3.02. The number of rotatable bonds is 2. The van der Waals surface area contributed by atoms with Crippen LogP contribution in [0.5, 0.6) is 0 Å². The number of nitrogens with zero attached hydrogens (tertiary/aromatic N) is 1. The quantitative estimate of drug-likeness (QED) is 0.917. The lowest BCUT2D eigenvalue weighted by molar-refractivity contribution is 0.279. The second-order valence-corrected chi connectivity index (χ2v) is 6.05. The van der Waals surface area contributed by atoms with Crippen molar-refractivity contribution in [2.45, 2.75) is 19.4 Å². The van der Waals surface area contributed by atoms with Gasteiger partial charge in [0.05, 0.1) is 0 Å². The van der Waals surface area contributed by atoms with E-state index in [0.717, 1.165) is 42.6 Å². The number of hydrogen-bond acceptors (Lipinski definition) is 2. The predicted octanol–water partition coefficient (Wildman–Crippen LogP) is 2.74. The van der Waals surface area contributed by atoms with E-state index in [4.69, 9.17) is 0 Å². The molecule has 1 N–H and O–H groups in total. The van der Waals surface area contributed by atoms with Gasteiger partial charge in [0.25, 0.3) is 0 Å². The van der Waals surface area contributed by atoms with E-state index in [2.05, 4.69) is 50.1 Å². The maximum Gasteiger partial charge on any atom is 0.249 e. The monoisotopic (exact) mass is 332 g/mol. The van der Waals surface area contributed by atoms with Crippen molar-refractivity contribution in [1.29, 1.82) is 0 Å². The van der Waals surface area contributed by atoms with E-state index >= 15 is 0 Å². The molecule has 20 heavy (non-hydrogen) atoms. The molecular formula is C16H17BrN2O. The Hall–Kier alpha value is -1.39. The van der Waals surface area contributed by atoms with Gasteiger partial charge < -0.3 is 4.98 Å². The van der Waals surface area contributed by atoms with Crippen LogP contribution in [0.1, 0.15) is 16.8 Å². The molecule has 4 heteroatoms. The highest BCUT2D eigenvalue weighted by Gasteiger charge is 2.17. The molecule has 3 nitrogen and oxygen atoms in total. The van der Waals surface area contributed by atoms with Crippen molar-refractivity contribution in [1.82, 2.24) is 9.88 Å². The smallest absolute Gasteiger partial charge is 0.249 e. The third-order valence-corrected chi connectivity index (χ3v) is 4.50. The van der Waals surface area contributed by atoms with Crippen molar-refractivity contribution in [3.05, 3.63) is 68.0 Å². The molecule has 0 fully saturated rings. The molecule has 0 amide bonds. The van der Waals surface area contributed by atoms with Crippen LogP contribution < -0.4 is 5.56 Å². The van der Waals surface area contributed by atoms with Crippen LogP contribution in [0.25, 0.3) is 0 Å². The van der Waals surface area contributed by atoms with Crippen LogP contribution in [0, 0.1) is 0 Å². The SMILES string of the molecule is O=c1cc(Br)c2c([nH]1)CCN(Cc1ccccc1)CC2.